The minimum absolute atomic E-state index is 0.143. The topological polar surface area (TPSA) is 116 Å². The van der Waals surface area contributed by atoms with Gasteiger partial charge in [0.1, 0.15) is 5.82 Å². The van der Waals surface area contributed by atoms with Crippen LogP contribution in [0.1, 0.15) is 10.4 Å². The minimum Gasteiger partial charge on any atom is -0.478 e. The van der Waals surface area contributed by atoms with E-state index in [-0.39, 0.29) is 37.0 Å². The van der Waals surface area contributed by atoms with Crippen LogP contribution in [0.4, 0.5) is 5.82 Å². The lowest BCUT2D eigenvalue weighted by atomic mass is 10.1. The number of hydrogen-bond donors (Lipinski definition) is 1. The maximum Gasteiger partial charge on any atom is 0.343 e. The lowest BCUT2D eigenvalue weighted by Crippen LogP contribution is -2.30. The average molecular weight is 445 g/mol. The Morgan fingerprint density at radius 1 is 0.969 bits per heavy atom. The van der Waals surface area contributed by atoms with Crippen LogP contribution in [0, 0.1) is 0 Å². The van der Waals surface area contributed by atoms with E-state index in [1.165, 1.54) is 26.4 Å². The summed E-state index contributed by atoms with van der Waals surface area (Å²) < 4.78 is 19.9. The van der Waals surface area contributed by atoms with Crippen molar-refractivity contribution in [3.05, 3.63) is 48.2 Å². The molecule has 0 amide bonds. The van der Waals surface area contributed by atoms with Gasteiger partial charge < -0.3 is 24.3 Å². The molecule has 0 radical (unpaired) electrons. The predicted octanol–water partition coefficient (Wildman–Crippen LogP) is 1.41. The van der Waals surface area contributed by atoms with Crippen LogP contribution in [0.15, 0.2) is 42.6 Å². The van der Waals surface area contributed by atoms with E-state index in [1.807, 2.05) is 30.1 Å². The minimum atomic E-state index is -0.596. The summed E-state index contributed by atoms with van der Waals surface area (Å²) in [6, 6.07) is 10.1. The zero-order valence-electron chi connectivity index (χ0n) is 18.3. The molecule has 10 nitrogen and oxygen atoms in total. The highest BCUT2D eigenvalue weighted by atomic mass is 16.6. The number of carbonyl (C=O) groups is 3. The number of anilines is 1. The monoisotopic (exact) mass is 445 g/mol. The van der Waals surface area contributed by atoms with Crippen LogP contribution in [0.2, 0.25) is 0 Å². The van der Waals surface area contributed by atoms with Crippen molar-refractivity contribution in [1.29, 1.82) is 0 Å². The van der Waals surface area contributed by atoms with Crippen molar-refractivity contribution >= 4 is 23.5 Å². The number of aromatic nitrogens is 1. The molecule has 10 heteroatoms. The quantitative estimate of drug-likeness (QED) is 0.358. The van der Waals surface area contributed by atoms with Gasteiger partial charge in [-0.05, 0) is 37.4 Å². The highest BCUT2D eigenvalue weighted by Gasteiger charge is 2.16. The first-order chi connectivity index (χ1) is 15.4. The van der Waals surface area contributed by atoms with E-state index < -0.39 is 11.9 Å². The summed E-state index contributed by atoms with van der Waals surface area (Å²) in [5.41, 5.74) is 0.375. The van der Waals surface area contributed by atoms with Gasteiger partial charge in [-0.15, -0.1) is 0 Å². The van der Waals surface area contributed by atoms with Gasteiger partial charge in [-0.2, -0.15) is 0 Å². The number of rotatable bonds is 13. The number of nitrogens with one attached hydrogen (secondary N) is 1. The maximum atomic E-state index is 12.7. The van der Waals surface area contributed by atoms with Crippen LogP contribution in [0.25, 0.3) is 0 Å². The van der Waals surface area contributed by atoms with Gasteiger partial charge in [0.15, 0.2) is 30.5 Å². The average Bonchev–Trinajstić information content (AvgIpc) is 2.81. The molecule has 172 valence electrons. The molecule has 1 aromatic carbocycles. The van der Waals surface area contributed by atoms with Gasteiger partial charge in [0.2, 0.25) is 0 Å². The summed E-state index contributed by atoms with van der Waals surface area (Å²) in [4.78, 5) is 41.6. The normalized spacial score (nSPS) is 10.4. The number of hydrogen-bond acceptors (Lipinski definition) is 10. The molecule has 1 aromatic heterocycles. The number of ketones is 1. The van der Waals surface area contributed by atoms with Crippen LogP contribution in [-0.2, 0) is 19.1 Å². The van der Waals surface area contributed by atoms with Gasteiger partial charge in [0.25, 0.3) is 0 Å². The Balaban J connectivity index is 1.98. The number of carbonyl (C=O) groups excluding carboxylic acids is 3. The number of Topliss-reactive ketones (excluding diaryl/α,β-unsaturated/α-hetero) is 1. The second kappa shape index (κ2) is 12.9. The van der Waals surface area contributed by atoms with Gasteiger partial charge in [-0.1, -0.05) is 6.07 Å². The third kappa shape index (κ3) is 8.23. The van der Waals surface area contributed by atoms with E-state index in [0.29, 0.717) is 18.7 Å². The van der Waals surface area contributed by atoms with Crippen LogP contribution >= 0.6 is 0 Å². The van der Waals surface area contributed by atoms with Crippen molar-refractivity contribution in [1.82, 2.24) is 9.88 Å². The molecule has 0 saturated carbocycles. The molecule has 0 fully saturated rings. The first kappa shape index (κ1) is 24.6. The fourth-order valence-corrected chi connectivity index (χ4v) is 2.56. The molecular formula is C22H27N3O7. The number of likely N-dealkylation sites (N-methyl/N-ethyl adjacent to an activating group) is 1. The summed E-state index contributed by atoms with van der Waals surface area (Å²) >= 11 is 0. The van der Waals surface area contributed by atoms with E-state index in [4.69, 9.17) is 9.47 Å². The highest BCUT2D eigenvalue weighted by molar-refractivity contribution is 5.98. The van der Waals surface area contributed by atoms with E-state index in [0.717, 1.165) is 5.82 Å². The first-order valence-corrected chi connectivity index (χ1v) is 9.83. The zero-order chi connectivity index (χ0) is 23.3. The Hall–Kier alpha value is -3.66. The molecule has 2 aromatic rings. The standard InChI is InChI=1S/C22H27N3O7/c1-25(11-10-24-20-6-4-5-9-23-20)13-17(26)16-7-8-18(31-14-21(27)29-2)19(12-16)32-15-22(28)30-3/h4-9,12H,10-11,13-15H2,1-3H3,(H,23,24). The molecule has 0 saturated heterocycles. The molecule has 1 heterocycles. The summed E-state index contributed by atoms with van der Waals surface area (Å²) in [6.07, 6.45) is 1.70. The Bertz CT molecular complexity index is 906. The van der Waals surface area contributed by atoms with Crippen LogP contribution in [-0.4, -0.2) is 81.7 Å². The Morgan fingerprint density at radius 2 is 1.66 bits per heavy atom. The molecular weight excluding hydrogens is 418 g/mol. The Labute approximate surface area is 186 Å². The van der Waals surface area contributed by atoms with Crippen molar-refractivity contribution in [3.8, 4) is 11.5 Å². The maximum absolute atomic E-state index is 12.7. The molecule has 2 rings (SSSR count). The number of benzene rings is 1. The number of methoxy groups -OCH3 is 2. The van der Waals surface area contributed by atoms with Gasteiger partial charge in [0.05, 0.1) is 20.8 Å². The number of esters is 2. The molecule has 1 N–H and O–H groups in total. The number of nitrogens with zero attached hydrogens (tertiary/aromatic N) is 2. The molecule has 32 heavy (non-hydrogen) atoms. The van der Waals surface area contributed by atoms with Crippen LogP contribution in [0.5, 0.6) is 11.5 Å². The fourth-order valence-electron chi connectivity index (χ4n) is 2.56. The summed E-state index contributed by atoms with van der Waals surface area (Å²) in [6.45, 7) is 0.692. The van der Waals surface area contributed by atoms with Crippen molar-refractivity contribution < 1.29 is 33.3 Å². The molecule has 0 aliphatic heterocycles. The molecule has 0 aliphatic rings. The molecule has 0 atom stereocenters. The van der Waals surface area contributed by atoms with E-state index in [1.54, 1.807) is 12.3 Å². The summed E-state index contributed by atoms with van der Waals surface area (Å²) in [5, 5.41) is 3.18. The van der Waals surface area contributed by atoms with Gasteiger partial charge >= 0.3 is 11.9 Å². The van der Waals surface area contributed by atoms with Crippen molar-refractivity contribution in [3.63, 3.8) is 0 Å². The second-order valence-corrected chi connectivity index (χ2v) is 6.69. The van der Waals surface area contributed by atoms with Crippen molar-refractivity contribution in [2.24, 2.45) is 0 Å². The lowest BCUT2D eigenvalue weighted by molar-refractivity contribution is -0.144. The Kier molecular flexibility index (Phi) is 9.92. The molecule has 0 unspecified atom stereocenters. The molecule has 0 spiro atoms. The Morgan fingerprint density at radius 3 is 2.28 bits per heavy atom. The largest absolute Gasteiger partial charge is 0.478 e. The van der Waals surface area contributed by atoms with Gasteiger partial charge in [-0.25, -0.2) is 14.6 Å². The van der Waals surface area contributed by atoms with E-state index in [9.17, 15) is 14.4 Å². The van der Waals surface area contributed by atoms with Gasteiger partial charge in [-0.3, -0.25) is 9.69 Å². The molecule has 0 bridgehead atoms. The highest BCUT2D eigenvalue weighted by Crippen LogP contribution is 2.29. The fraction of sp³-hybridized carbons (Fsp3) is 0.364. The van der Waals surface area contributed by atoms with Crippen LogP contribution < -0.4 is 14.8 Å². The molecule has 0 aliphatic carbocycles. The number of pyridine rings is 1. The van der Waals surface area contributed by atoms with Crippen LogP contribution in [0.3, 0.4) is 0 Å². The summed E-state index contributed by atoms with van der Waals surface area (Å²) in [5.74, 6) is -0.214. The van der Waals surface area contributed by atoms with Crippen molar-refractivity contribution in [2.75, 3.05) is 59.4 Å². The third-order valence-electron chi connectivity index (χ3n) is 4.29. The smallest absolute Gasteiger partial charge is 0.343 e. The summed E-state index contributed by atoms with van der Waals surface area (Å²) in [7, 11) is 4.31. The third-order valence-corrected chi connectivity index (χ3v) is 4.29. The van der Waals surface area contributed by atoms with Gasteiger partial charge in [0, 0.05) is 24.8 Å². The van der Waals surface area contributed by atoms with E-state index in [2.05, 4.69) is 19.8 Å². The zero-order valence-corrected chi connectivity index (χ0v) is 18.3. The SMILES string of the molecule is COC(=O)COc1ccc(C(=O)CN(C)CCNc2ccccn2)cc1OCC(=O)OC. The number of ether oxygens (including phenoxy) is 4. The van der Waals surface area contributed by atoms with Crippen molar-refractivity contribution in [2.45, 2.75) is 0 Å². The van der Waals surface area contributed by atoms with E-state index >= 15 is 0 Å². The first-order valence-electron chi connectivity index (χ1n) is 9.83. The second-order valence-electron chi connectivity index (χ2n) is 6.69. The predicted molar refractivity (Wildman–Crippen MR) is 116 cm³/mol. The lowest BCUT2D eigenvalue weighted by Gasteiger charge is -2.17.